The molecule has 17 heavy (non-hydrogen) atoms. The lowest BCUT2D eigenvalue weighted by Crippen LogP contribution is -2.17. The first kappa shape index (κ1) is 12.2. The lowest BCUT2D eigenvalue weighted by Gasteiger charge is -2.14. The average molecular weight is 254 g/mol. The fourth-order valence-electron chi connectivity index (χ4n) is 1.94. The third-order valence-corrected chi connectivity index (χ3v) is 2.94. The van der Waals surface area contributed by atoms with Crippen LogP contribution in [0.1, 0.15) is 13.8 Å². The van der Waals surface area contributed by atoms with Gasteiger partial charge >= 0.3 is 0 Å². The van der Waals surface area contributed by atoms with Gasteiger partial charge in [0.05, 0.1) is 28.7 Å². The van der Waals surface area contributed by atoms with E-state index in [-0.39, 0.29) is 6.10 Å². The largest absolute Gasteiger partial charge is 0.377 e. The van der Waals surface area contributed by atoms with Crippen LogP contribution < -0.4 is 5.73 Å². The number of nitrogens with zero attached hydrogens (tertiary/aromatic N) is 2. The SMILES string of the molecule is CCOC(C)Cn1c(N)nc2cccc(Cl)c21. The molecule has 1 aromatic heterocycles. The number of ether oxygens (including phenoxy) is 1. The van der Waals surface area contributed by atoms with E-state index >= 15 is 0 Å². The zero-order chi connectivity index (χ0) is 12.4. The van der Waals surface area contributed by atoms with Crippen molar-refractivity contribution in [2.75, 3.05) is 12.3 Å². The van der Waals surface area contributed by atoms with E-state index in [1.807, 2.05) is 36.6 Å². The first-order valence-corrected chi connectivity index (χ1v) is 6.03. The lowest BCUT2D eigenvalue weighted by atomic mass is 10.3. The van der Waals surface area contributed by atoms with E-state index in [1.165, 1.54) is 0 Å². The zero-order valence-electron chi connectivity index (χ0n) is 9.98. The minimum Gasteiger partial charge on any atom is -0.377 e. The number of para-hydroxylation sites is 1. The van der Waals surface area contributed by atoms with E-state index in [4.69, 9.17) is 22.1 Å². The van der Waals surface area contributed by atoms with Crippen molar-refractivity contribution in [1.82, 2.24) is 9.55 Å². The molecule has 1 heterocycles. The Bertz CT molecular complexity index is 524. The molecule has 92 valence electrons. The summed E-state index contributed by atoms with van der Waals surface area (Å²) in [5, 5.41) is 0.662. The van der Waals surface area contributed by atoms with Gasteiger partial charge in [-0.1, -0.05) is 17.7 Å². The van der Waals surface area contributed by atoms with Gasteiger partial charge in [0, 0.05) is 6.61 Å². The molecule has 2 rings (SSSR count). The van der Waals surface area contributed by atoms with Crippen molar-refractivity contribution < 1.29 is 4.74 Å². The summed E-state index contributed by atoms with van der Waals surface area (Å²) in [6, 6.07) is 5.61. The Morgan fingerprint density at radius 2 is 2.29 bits per heavy atom. The highest BCUT2D eigenvalue weighted by atomic mass is 35.5. The molecule has 0 radical (unpaired) electrons. The van der Waals surface area contributed by atoms with Crippen LogP contribution >= 0.6 is 11.6 Å². The predicted octanol–water partition coefficient (Wildman–Crippen LogP) is 2.70. The van der Waals surface area contributed by atoms with Gasteiger partial charge in [-0.05, 0) is 26.0 Å². The number of nitrogens with two attached hydrogens (primary N) is 1. The molecule has 0 saturated carbocycles. The van der Waals surface area contributed by atoms with E-state index in [0.717, 1.165) is 11.0 Å². The third kappa shape index (κ3) is 2.37. The van der Waals surface area contributed by atoms with Crippen LogP contribution in [0.3, 0.4) is 0 Å². The smallest absolute Gasteiger partial charge is 0.201 e. The first-order chi connectivity index (χ1) is 8.13. The second-order valence-corrected chi connectivity index (χ2v) is 4.36. The van der Waals surface area contributed by atoms with Gasteiger partial charge in [0.2, 0.25) is 5.95 Å². The van der Waals surface area contributed by atoms with Crippen molar-refractivity contribution in [3.8, 4) is 0 Å². The molecule has 5 heteroatoms. The molecule has 1 unspecified atom stereocenters. The molecule has 0 amide bonds. The summed E-state index contributed by atoms with van der Waals surface area (Å²) in [5.74, 6) is 0.472. The molecule has 0 aliphatic carbocycles. The number of fused-ring (bicyclic) bond motifs is 1. The van der Waals surface area contributed by atoms with E-state index in [9.17, 15) is 0 Å². The maximum absolute atomic E-state index is 6.18. The highest BCUT2D eigenvalue weighted by Gasteiger charge is 2.13. The van der Waals surface area contributed by atoms with Gasteiger partial charge in [0.25, 0.3) is 0 Å². The Morgan fingerprint density at radius 3 is 3.00 bits per heavy atom. The molecule has 2 N–H and O–H groups in total. The van der Waals surface area contributed by atoms with E-state index in [2.05, 4.69) is 4.98 Å². The summed E-state index contributed by atoms with van der Waals surface area (Å²) in [7, 11) is 0. The molecule has 4 nitrogen and oxygen atoms in total. The van der Waals surface area contributed by atoms with E-state index in [1.54, 1.807) is 0 Å². The van der Waals surface area contributed by atoms with Crippen molar-refractivity contribution in [1.29, 1.82) is 0 Å². The second-order valence-electron chi connectivity index (χ2n) is 3.95. The lowest BCUT2D eigenvalue weighted by molar-refractivity contribution is 0.0652. The predicted molar refractivity (Wildman–Crippen MR) is 70.2 cm³/mol. The molecule has 0 saturated heterocycles. The Kier molecular flexibility index (Phi) is 3.54. The average Bonchev–Trinajstić information content (AvgIpc) is 2.57. The number of nitrogen functional groups attached to an aromatic ring is 1. The summed E-state index contributed by atoms with van der Waals surface area (Å²) >= 11 is 6.18. The number of rotatable bonds is 4. The Balaban J connectivity index is 2.42. The topological polar surface area (TPSA) is 53.1 Å². The van der Waals surface area contributed by atoms with Crippen molar-refractivity contribution in [2.24, 2.45) is 0 Å². The Labute approximate surface area is 105 Å². The van der Waals surface area contributed by atoms with Gasteiger partial charge in [0.15, 0.2) is 0 Å². The Hall–Kier alpha value is -1.26. The molecule has 1 atom stereocenters. The fourth-order valence-corrected chi connectivity index (χ4v) is 2.21. The van der Waals surface area contributed by atoms with Gasteiger partial charge in [-0.25, -0.2) is 4.98 Å². The number of anilines is 1. The van der Waals surface area contributed by atoms with Gasteiger partial charge in [-0.15, -0.1) is 0 Å². The number of hydrogen-bond acceptors (Lipinski definition) is 3. The van der Waals surface area contributed by atoms with Gasteiger partial charge in [0.1, 0.15) is 0 Å². The molecule has 0 fully saturated rings. The third-order valence-electron chi connectivity index (χ3n) is 2.64. The standard InChI is InChI=1S/C12H16ClN3O/c1-3-17-8(2)7-16-11-9(13)5-4-6-10(11)15-12(16)14/h4-6,8H,3,7H2,1-2H3,(H2,14,15). The van der Waals surface area contributed by atoms with Gasteiger partial charge in [-0.3, -0.25) is 0 Å². The summed E-state index contributed by atoms with van der Waals surface area (Å²) < 4.78 is 7.41. The minimum atomic E-state index is 0.0796. The molecular formula is C12H16ClN3O. The Morgan fingerprint density at radius 1 is 1.53 bits per heavy atom. The molecule has 2 aromatic rings. The van der Waals surface area contributed by atoms with Crippen LogP contribution in [-0.4, -0.2) is 22.3 Å². The normalized spacial score (nSPS) is 13.1. The number of benzene rings is 1. The van der Waals surface area contributed by atoms with Gasteiger partial charge in [-0.2, -0.15) is 0 Å². The summed E-state index contributed by atoms with van der Waals surface area (Å²) in [6.45, 7) is 5.31. The monoisotopic (exact) mass is 253 g/mol. The van der Waals surface area contributed by atoms with Crippen LogP contribution in [0, 0.1) is 0 Å². The highest BCUT2D eigenvalue weighted by molar-refractivity contribution is 6.35. The number of halogens is 1. The van der Waals surface area contributed by atoms with E-state index < -0.39 is 0 Å². The highest BCUT2D eigenvalue weighted by Crippen LogP contribution is 2.25. The maximum atomic E-state index is 6.18. The van der Waals surface area contributed by atoms with E-state index in [0.29, 0.717) is 24.1 Å². The molecule has 0 aliphatic rings. The van der Waals surface area contributed by atoms with Crippen LogP contribution in [-0.2, 0) is 11.3 Å². The summed E-state index contributed by atoms with van der Waals surface area (Å²) in [4.78, 5) is 4.29. The summed E-state index contributed by atoms with van der Waals surface area (Å²) in [5.41, 5.74) is 7.60. The zero-order valence-corrected chi connectivity index (χ0v) is 10.7. The number of imidazole rings is 1. The molecule has 1 aromatic carbocycles. The molecule has 0 aliphatic heterocycles. The van der Waals surface area contributed by atoms with Crippen LogP contribution in [0.15, 0.2) is 18.2 Å². The van der Waals surface area contributed by atoms with Crippen LogP contribution in [0.2, 0.25) is 5.02 Å². The second kappa shape index (κ2) is 4.94. The fraction of sp³-hybridized carbons (Fsp3) is 0.417. The minimum absolute atomic E-state index is 0.0796. The van der Waals surface area contributed by atoms with Crippen LogP contribution in [0.5, 0.6) is 0 Å². The quantitative estimate of drug-likeness (QED) is 0.912. The van der Waals surface area contributed by atoms with Crippen LogP contribution in [0.25, 0.3) is 11.0 Å². The number of hydrogen-bond donors (Lipinski definition) is 1. The van der Waals surface area contributed by atoms with Crippen molar-refractivity contribution in [2.45, 2.75) is 26.5 Å². The van der Waals surface area contributed by atoms with Crippen molar-refractivity contribution in [3.05, 3.63) is 23.2 Å². The van der Waals surface area contributed by atoms with Crippen LogP contribution in [0.4, 0.5) is 5.95 Å². The molecular weight excluding hydrogens is 238 g/mol. The first-order valence-electron chi connectivity index (χ1n) is 5.65. The molecule has 0 bridgehead atoms. The van der Waals surface area contributed by atoms with Crippen molar-refractivity contribution >= 4 is 28.6 Å². The number of aromatic nitrogens is 2. The summed E-state index contributed by atoms with van der Waals surface area (Å²) in [6.07, 6.45) is 0.0796. The molecule has 0 spiro atoms. The maximum Gasteiger partial charge on any atom is 0.201 e. The van der Waals surface area contributed by atoms with Gasteiger partial charge < -0.3 is 15.0 Å². The van der Waals surface area contributed by atoms with Crippen molar-refractivity contribution in [3.63, 3.8) is 0 Å².